The Kier molecular flexibility index (Phi) is 4.49. The van der Waals surface area contributed by atoms with E-state index in [0.29, 0.717) is 34.6 Å². The van der Waals surface area contributed by atoms with E-state index in [1.165, 1.54) is 7.11 Å². The molecule has 0 unspecified atom stereocenters. The van der Waals surface area contributed by atoms with Crippen molar-refractivity contribution < 1.29 is 19.4 Å². The van der Waals surface area contributed by atoms with Crippen molar-refractivity contribution in [1.82, 2.24) is 4.90 Å². The van der Waals surface area contributed by atoms with Crippen LogP contribution in [0.5, 0.6) is 11.5 Å². The van der Waals surface area contributed by atoms with Crippen LogP contribution in [0.25, 0.3) is 0 Å². The number of aliphatic hydroxyl groups is 1. The Hall–Kier alpha value is -1.27. The van der Waals surface area contributed by atoms with E-state index in [1.807, 2.05) is 13.8 Å². The van der Waals surface area contributed by atoms with Gasteiger partial charge in [0.15, 0.2) is 0 Å². The molecule has 1 aliphatic heterocycles. The second kappa shape index (κ2) is 5.85. The summed E-state index contributed by atoms with van der Waals surface area (Å²) < 4.78 is 11.2. The van der Waals surface area contributed by atoms with E-state index < -0.39 is 5.60 Å². The predicted molar refractivity (Wildman–Crippen MR) is 82.9 cm³/mol. The summed E-state index contributed by atoms with van der Waals surface area (Å²) in [7, 11) is 3.06. The topological polar surface area (TPSA) is 59.0 Å². The van der Waals surface area contributed by atoms with Crippen LogP contribution < -0.4 is 9.47 Å². The summed E-state index contributed by atoms with van der Waals surface area (Å²) in [6.45, 7) is 4.57. The molecule has 116 valence electrons. The van der Waals surface area contributed by atoms with E-state index >= 15 is 0 Å². The minimum atomic E-state index is -0.793. The Morgan fingerprint density at radius 3 is 2.43 bits per heavy atom. The van der Waals surface area contributed by atoms with Gasteiger partial charge in [-0.3, -0.25) is 4.79 Å². The first-order valence-electron chi connectivity index (χ1n) is 6.75. The monoisotopic (exact) mass is 357 g/mol. The molecule has 1 amide bonds. The third-order valence-corrected chi connectivity index (χ3v) is 4.57. The molecular formula is C15H20BrNO4. The fourth-order valence-electron chi connectivity index (χ4n) is 2.35. The molecule has 0 aromatic heterocycles. The number of carbonyl (C=O) groups is 1. The molecule has 1 aromatic carbocycles. The van der Waals surface area contributed by atoms with E-state index in [0.717, 1.165) is 0 Å². The van der Waals surface area contributed by atoms with Gasteiger partial charge in [-0.1, -0.05) is 13.8 Å². The Labute approximate surface area is 133 Å². The molecule has 1 heterocycles. The average Bonchev–Trinajstić information content (AvgIpc) is 2.41. The lowest BCUT2D eigenvalue weighted by atomic mass is 9.82. The lowest BCUT2D eigenvalue weighted by Gasteiger charge is -2.49. The Balaban J connectivity index is 2.26. The second-order valence-electron chi connectivity index (χ2n) is 5.61. The number of carbonyl (C=O) groups excluding carboxylic acids is 1. The maximum atomic E-state index is 12.6. The van der Waals surface area contributed by atoms with E-state index in [4.69, 9.17) is 9.47 Å². The van der Waals surface area contributed by atoms with E-state index in [-0.39, 0.29) is 11.8 Å². The van der Waals surface area contributed by atoms with Crippen LogP contribution in [0.15, 0.2) is 16.6 Å². The lowest BCUT2D eigenvalue weighted by molar-refractivity contribution is -0.110. The highest BCUT2D eigenvalue weighted by Gasteiger charge is 2.46. The van der Waals surface area contributed by atoms with Gasteiger partial charge in [-0.15, -0.1) is 0 Å². The second-order valence-corrected chi connectivity index (χ2v) is 6.46. The number of ether oxygens (including phenoxy) is 2. The molecule has 6 heteroatoms. The minimum Gasteiger partial charge on any atom is -0.497 e. The number of amides is 1. The molecule has 0 spiro atoms. The molecule has 5 nitrogen and oxygen atoms in total. The third-order valence-electron chi connectivity index (χ3n) is 3.98. The van der Waals surface area contributed by atoms with Gasteiger partial charge in [0.1, 0.15) is 17.1 Å². The van der Waals surface area contributed by atoms with Gasteiger partial charge in [0.05, 0.1) is 37.3 Å². The van der Waals surface area contributed by atoms with Crippen LogP contribution in [0.4, 0.5) is 0 Å². The van der Waals surface area contributed by atoms with Crippen molar-refractivity contribution >= 4 is 21.8 Å². The maximum absolute atomic E-state index is 12.6. The molecule has 0 aliphatic carbocycles. The molecule has 1 aromatic rings. The molecule has 1 N–H and O–H groups in total. The molecule has 2 rings (SSSR count). The first kappa shape index (κ1) is 16.1. The number of rotatable bonds is 4. The third kappa shape index (κ3) is 2.87. The molecule has 1 saturated heterocycles. The minimum absolute atomic E-state index is 0.112. The molecule has 0 atom stereocenters. The smallest absolute Gasteiger partial charge is 0.258 e. The van der Waals surface area contributed by atoms with Crippen molar-refractivity contribution in [2.75, 3.05) is 27.3 Å². The summed E-state index contributed by atoms with van der Waals surface area (Å²) in [6, 6.07) is 3.40. The standard InChI is InChI=1S/C15H20BrNO4/c1-9(2)15(19)7-17(8-15)14(18)11-5-10(20-3)6-12(16)13(11)21-4/h5-6,9,19H,7-8H2,1-4H3. The fraction of sp³-hybridized carbons (Fsp3) is 0.533. The average molecular weight is 358 g/mol. The molecule has 0 radical (unpaired) electrons. The van der Waals surface area contributed by atoms with Crippen molar-refractivity contribution in [3.63, 3.8) is 0 Å². The highest BCUT2D eigenvalue weighted by molar-refractivity contribution is 9.10. The number of hydrogen-bond donors (Lipinski definition) is 1. The number of hydrogen-bond acceptors (Lipinski definition) is 4. The number of nitrogens with zero attached hydrogens (tertiary/aromatic N) is 1. The Morgan fingerprint density at radius 1 is 1.33 bits per heavy atom. The van der Waals surface area contributed by atoms with Crippen LogP contribution in [-0.4, -0.2) is 48.8 Å². The van der Waals surface area contributed by atoms with Crippen molar-refractivity contribution in [2.24, 2.45) is 5.92 Å². The van der Waals surface area contributed by atoms with Gasteiger partial charge in [-0.2, -0.15) is 0 Å². The van der Waals surface area contributed by atoms with Crippen molar-refractivity contribution in [2.45, 2.75) is 19.4 Å². The summed E-state index contributed by atoms with van der Waals surface area (Å²) in [4.78, 5) is 14.2. The number of benzene rings is 1. The van der Waals surface area contributed by atoms with Gasteiger partial charge in [-0.05, 0) is 34.0 Å². The van der Waals surface area contributed by atoms with E-state index in [1.54, 1.807) is 24.1 Å². The lowest BCUT2D eigenvalue weighted by Crippen LogP contribution is -2.65. The molecule has 21 heavy (non-hydrogen) atoms. The van der Waals surface area contributed by atoms with Gasteiger partial charge >= 0.3 is 0 Å². The molecule has 0 bridgehead atoms. The van der Waals surface area contributed by atoms with Gasteiger partial charge in [0.25, 0.3) is 5.91 Å². The zero-order valence-electron chi connectivity index (χ0n) is 12.6. The normalized spacial score (nSPS) is 16.6. The number of likely N-dealkylation sites (tertiary alicyclic amines) is 1. The van der Waals surface area contributed by atoms with Crippen LogP contribution in [0.1, 0.15) is 24.2 Å². The van der Waals surface area contributed by atoms with Crippen LogP contribution in [-0.2, 0) is 0 Å². The van der Waals surface area contributed by atoms with Gasteiger partial charge in [-0.25, -0.2) is 0 Å². The Bertz CT molecular complexity index is 553. The Morgan fingerprint density at radius 2 is 1.95 bits per heavy atom. The van der Waals surface area contributed by atoms with Crippen molar-refractivity contribution in [1.29, 1.82) is 0 Å². The van der Waals surface area contributed by atoms with E-state index in [2.05, 4.69) is 15.9 Å². The van der Waals surface area contributed by atoms with Crippen LogP contribution >= 0.6 is 15.9 Å². The summed E-state index contributed by atoms with van der Waals surface area (Å²) in [5.41, 5.74) is -0.367. The van der Waals surface area contributed by atoms with Crippen LogP contribution in [0.2, 0.25) is 0 Å². The fourth-order valence-corrected chi connectivity index (χ4v) is 2.95. The number of methoxy groups -OCH3 is 2. The molecule has 0 saturated carbocycles. The highest BCUT2D eigenvalue weighted by Crippen LogP contribution is 2.37. The highest BCUT2D eigenvalue weighted by atomic mass is 79.9. The zero-order chi connectivity index (χ0) is 15.8. The van der Waals surface area contributed by atoms with Crippen LogP contribution in [0, 0.1) is 5.92 Å². The molecular weight excluding hydrogens is 338 g/mol. The largest absolute Gasteiger partial charge is 0.497 e. The molecule has 1 fully saturated rings. The van der Waals surface area contributed by atoms with Gasteiger partial charge < -0.3 is 19.5 Å². The van der Waals surface area contributed by atoms with Crippen molar-refractivity contribution in [3.05, 3.63) is 22.2 Å². The van der Waals surface area contributed by atoms with E-state index in [9.17, 15) is 9.90 Å². The number of β-amino-alcohol motifs (C(OH)–C–C–N with tert-alkyl or cyclic N) is 1. The first-order valence-corrected chi connectivity index (χ1v) is 7.55. The summed E-state index contributed by atoms with van der Waals surface area (Å²) in [5, 5.41) is 10.3. The summed E-state index contributed by atoms with van der Waals surface area (Å²) >= 11 is 3.38. The SMILES string of the molecule is COc1cc(Br)c(OC)c(C(=O)N2CC(O)(C(C)C)C2)c1. The summed E-state index contributed by atoms with van der Waals surface area (Å²) in [5.74, 6) is 0.990. The number of halogens is 1. The maximum Gasteiger partial charge on any atom is 0.258 e. The van der Waals surface area contributed by atoms with Gasteiger partial charge in [0, 0.05) is 0 Å². The summed E-state index contributed by atoms with van der Waals surface area (Å²) in [6.07, 6.45) is 0. The quantitative estimate of drug-likeness (QED) is 0.898. The molecule has 1 aliphatic rings. The van der Waals surface area contributed by atoms with Crippen molar-refractivity contribution in [3.8, 4) is 11.5 Å². The first-order chi connectivity index (χ1) is 9.82. The predicted octanol–water partition coefficient (Wildman–Crippen LogP) is 2.31. The van der Waals surface area contributed by atoms with Crippen LogP contribution in [0.3, 0.4) is 0 Å². The van der Waals surface area contributed by atoms with Gasteiger partial charge in [0.2, 0.25) is 0 Å². The zero-order valence-corrected chi connectivity index (χ0v) is 14.2.